The van der Waals surface area contributed by atoms with Crippen LogP contribution in [0.15, 0.2) is 6.20 Å². The first kappa shape index (κ1) is 27.6. The van der Waals surface area contributed by atoms with Gasteiger partial charge in [0.2, 0.25) is 0 Å². The first-order valence-corrected chi connectivity index (χ1v) is 15.0. The Labute approximate surface area is 250 Å². The van der Waals surface area contributed by atoms with Crippen molar-refractivity contribution in [3.63, 3.8) is 0 Å². The van der Waals surface area contributed by atoms with Crippen molar-refractivity contribution < 1.29 is 33.0 Å². The van der Waals surface area contributed by atoms with Gasteiger partial charge in [-0.3, -0.25) is 9.69 Å². The van der Waals surface area contributed by atoms with Crippen LogP contribution in [0.25, 0.3) is 11.0 Å². The zero-order valence-corrected chi connectivity index (χ0v) is 24.1. The molecule has 15 heteroatoms. The van der Waals surface area contributed by atoms with E-state index >= 15 is 8.78 Å². The van der Waals surface area contributed by atoms with E-state index in [4.69, 9.17) is 9.47 Å². The van der Waals surface area contributed by atoms with Crippen molar-refractivity contribution in [2.24, 2.45) is 13.0 Å². The van der Waals surface area contributed by atoms with Crippen LogP contribution >= 0.6 is 0 Å². The molecule has 3 saturated heterocycles. The highest BCUT2D eigenvalue weighted by molar-refractivity contribution is 5.95. The average Bonchev–Trinajstić information content (AvgIpc) is 3.78. The maximum absolute atomic E-state index is 15.9. The molecule has 1 aromatic carbocycles. The van der Waals surface area contributed by atoms with Gasteiger partial charge in [0.15, 0.2) is 29.9 Å². The summed E-state index contributed by atoms with van der Waals surface area (Å²) in [4.78, 5) is 41.3. The maximum atomic E-state index is 15.9. The van der Waals surface area contributed by atoms with Crippen LogP contribution in [0.1, 0.15) is 42.3 Å². The molecule has 232 valence electrons. The molecule has 2 aromatic heterocycles. The number of hydrogen-bond acceptors (Lipinski definition) is 10. The Morgan fingerprint density at radius 3 is 2.66 bits per heavy atom. The molecule has 2 amide bonds. The second kappa shape index (κ2) is 10.0. The summed E-state index contributed by atoms with van der Waals surface area (Å²) in [5.74, 6) is 0.0236. The van der Waals surface area contributed by atoms with Crippen molar-refractivity contribution >= 4 is 34.7 Å². The molecule has 13 nitrogen and oxygen atoms in total. The van der Waals surface area contributed by atoms with E-state index in [1.165, 1.54) is 11.1 Å². The van der Waals surface area contributed by atoms with Gasteiger partial charge in [0.25, 0.3) is 11.8 Å². The number of nitrogens with one attached hydrogen (secondary N) is 2. The van der Waals surface area contributed by atoms with Crippen LogP contribution in [0.4, 0.5) is 25.2 Å². The summed E-state index contributed by atoms with van der Waals surface area (Å²) in [7, 11) is 1.70. The average molecular weight is 611 g/mol. The number of fused-ring (bicyclic) bond motifs is 3. The van der Waals surface area contributed by atoms with Gasteiger partial charge in [-0.15, -0.1) is 0 Å². The molecule has 3 aromatic rings. The summed E-state index contributed by atoms with van der Waals surface area (Å²) in [6.07, 6.45) is 2.95. The Bertz CT molecular complexity index is 1710. The van der Waals surface area contributed by atoms with Gasteiger partial charge in [-0.2, -0.15) is 0 Å². The number of likely N-dealkylation sites (tertiary alicyclic amines) is 1. The third kappa shape index (κ3) is 4.39. The Morgan fingerprint density at radius 2 is 1.91 bits per heavy atom. The second-order valence-electron chi connectivity index (χ2n) is 12.6. The van der Waals surface area contributed by atoms with Gasteiger partial charge < -0.3 is 34.7 Å². The lowest BCUT2D eigenvalue weighted by Crippen LogP contribution is -2.48. The molecule has 5 aliphatic rings. The maximum Gasteiger partial charge on any atom is 0.416 e. The van der Waals surface area contributed by atoms with Gasteiger partial charge in [0.05, 0.1) is 24.9 Å². The number of aliphatic hydroxyl groups is 1. The first-order valence-electron chi connectivity index (χ1n) is 15.0. The molecule has 3 atom stereocenters. The molecule has 6 heterocycles. The Hall–Kier alpha value is -3.95. The molecule has 2 unspecified atom stereocenters. The summed E-state index contributed by atoms with van der Waals surface area (Å²) >= 11 is 0. The van der Waals surface area contributed by atoms with Gasteiger partial charge >= 0.3 is 6.09 Å². The Balaban J connectivity index is 0.928. The normalized spacial score (nSPS) is 26.2. The molecule has 0 radical (unpaired) electrons. The minimum Gasteiger partial charge on any atom is -0.465 e. The number of benzene rings is 1. The van der Waals surface area contributed by atoms with E-state index in [9.17, 15) is 14.7 Å². The number of hydrogen-bond donors (Lipinski definition) is 3. The van der Waals surface area contributed by atoms with Gasteiger partial charge in [0, 0.05) is 46.1 Å². The van der Waals surface area contributed by atoms with Gasteiger partial charge in [-0.1, -0.05) is 0 Å². The van der Waals surface area contributed by atoms with Crippen molar-refractivity contribution in [2.75, 3.05) is 49.5 Å². The molecular formula is C29H32F2N8O5. The fraction of sp³-hybridized carbons (Fsp3) is 0.552. The SMILES string of the molecule is Cn1c([C@@H]2CC(O)CN2)nc2c(F)c3c(c(F)c21)CC(CN1CCC2(CC1)CN(c1cnc4c(n1)NC(=O)CO4)C(=O)O2)C3. The van der Waals surface area contributed by atoms with Crippen LogP contribution in [0.2, 0.25) is 0 Å². The van der Waals surface area contributed by atoms with E-state index in [2.05, 4.69) is 30.5 Å². The van der Waals surface area contributed by atoms with Crippen molar-refractivity contribution in [3.8, 4) is 5.88 Å². The summed E-state index contributed by atoms with van der Waals surface area (Å²) in [5.41, 5.74) is 0.383. The van der Waals surface area contributed by atoms with E-state index < -0.39 is 29.4 Å². The third-order valence-corrected chi connectivity index (χ3v) is 9.70. The van der Waals surface area contributed by atoms with E-state index in [0.717, 1.165) is 0 Å². The largest absolute Gasteiger partial charge is 0.465 e. The second-order valence-corrected chi connectivity index (χ2v) is 12.6. The lowest BCUT2D eigenvalue weighted by molar-refractivity contribution is -0.118. The predicted molar refractivity (Wildman–Crippen MR) is 151 cm³/mol. The number of aromatic nitrogens is 4. The van der Waals surface area contributed by atoms with Crippen LogP contribution in [0, 0.1) is 17.6 Å². The molecule has 0 bridgehead atoms. The van der Waals surface area contributed by atoms with E-state index in [1.807, 2.05) is 0 Å². The number of halogens is 2. The highest BCUT2D eigenvalue weighted by Crippen LogP contribution is 2.40. The van der Waals surface area contributed by atoms with E-state index in [1.54, 1.807) is 11.6 Å². The number of aryl methyl sites for hydroxylation is 1. The molecule has 3 fully saturated rings. The highest BCUT2D eigenvalue weighted by atomic mass is 19.1. The molecular weight excluding hydrogens is 578 g/mol. The quantitative estimate of drug-likeness (QED) is 0.398. The number of amides is 2. The molecule has 4 aliphatic heterocycles. The number of piperidine rings is 1. The van der Waals surface area contributed by atoms with Gasteiger partial charge in [0.1, 0.15) is 22.5 Å². The van der Waals surface area contributed by atoms with Crippen LogP contribution in [0.5, 0.6) is 5.88 Å². The topological polar surface area (TPSA) is 147 Å². The monoisotopic (exact) mass is 610 g/mol. The van der Waals surface area contributed by atoms with E-state index in [0.29, 0.717) is 81.8 Å². The lowest BCUT2D eigenvalue weighted by atomic mass is 9.90. The Morgan fingerprint density at radius 1 is 1.14 bits per heavy atom. The van der Waals surface area contributed by atoms with Gasteiger partial charge in [-0.05, 0) is 36.3 Å². The number of imidazole rings is 1. The molecule has 8 rings (SSSR count). The minimum atomic E-state index is -0.674. The number of ether oxygens (including phenoxy) is 2. The molecule has 3 N–H and O–H groups in total. The number of carbonyl (C=O) groups is 2. The van der Waals surface area contributed by atoms with Crippen molar-refractivity contribution in [1.82, 2.24) is 29.7 Å². The number of aliphatic hydroxyl groups excluding tert-OH is 1. The van der Waals surface area contributed by atoms with Crippen molar-refractivity contribution in [1.29, 1.82) is 0 Å². The summed E-state index contributed by atoms with van der Waals surface area (Å²) in [5, 5.41) is 15.7. The molecule has 44 heavy (non-hydrogen) atoms. The summed E-state index contributed by atoms with van der Waals surface area (Å²) in [6.45, 7) is 2.62. The van der Waals surface area contributed by atoms with Crippen molar-refractivity contribution in [3.05, 3.63) is 34.8 Å². The highest BCUT2D eigenvalue weighted by Gasteiger charge is 2.48. The number of β-amino-alcohol motifs (C(OH)–C–C–N with tert-alkyl or cyclic N) is 1. The van der Waals surface area contributed by atoms with Crippen LogP contribution in [-0.4, -0.2) is 92.6 Å². The standard InChI is InChI=1S/C29H32F2N8O5/c1-37-24-22(31)17-7-14(6-16(17)21(30)23(24)36-26(37)18-8-15(40)9-32-18)11-38-4-2-29(3-5-38)13-39(28(42)44-29)19-10-33-27-25(34-19)35-20(41)12-43-27/h10,14-15,18,32,40H,2-9,11-13H2,1H3,(H,34,35,41)/t14?,15?,18-/m0/s1. The zero-order valence-electron chi connectivity index (χ0n) is 24.1. The van der Waals surface area contributed by atoms with Crippen LogP contribution < -0.4 is 20.3 Å². The summed E-state index contributed by atoms with van der Waals surface area (Å²) in [6, 6.07) is -0.249. The molecule has 1 aliphatic carbocycles. The molecule has 1 spiro atoms. The number of rotatable bonds is 4. The minimum absolute atomic E-state index is 0.0497. The van der Waals surface area contributed by atoms with Gasteiger partial charge in [-0.25, -0.2) is 28.5 Å². The smallest absolute Gasteiger partial charge is 0.416 e. The van der Waals surface area contributed by atoms with Crippen LogP contribution in [0.3, 0.4) is 0 Å². The first-order chi connectivity index (χ1) is 21.2. The molecule has 0 saturated carbocycles. The zero-order chi connectivity index (χ0) is 30.3. The third-order valence-electron chi connectivity index (χ3n) is 9.70. The predicted octanol–water partition coefficient (Wildman–Crippen LogP) is 1.57. The van der Waals surface area contributed by atoms with E-state index in [-0.39, 0.29) is 53.0 Å². The number of anilines is 2. The Kier molecular flexibility index (Phi) is 6.29. The van der Waals surface area contributed by atoms with Crippen LogP contribution in [-0.2, 0) is 29.4 Å². The number of carbonyl (C=O) groups excluding carboxylic acids is 2. The van der Waals surface area contributed by atoms with Crippen molar-refractivity contribution in [2.45, 2.75) is 49.9 Å². The fourth-order valence-electron chi connectivity index (χ4n) is 7.46. The summed E-state index contributed by atoms with van der Waals surface area (Å²) < 4.78 is 44.4. The fourth-order valence-corrected chi connectivity index (χ4v) is 7.46. The number of nitrogens with zero attached hydrogens (tertiary/aromatic N) is 6. The lowest BCUT2D eigenvalue weighted by Gasteiger charge is -2.38.